The van der Waals surface area contributed by atoms with E-state index in [0.29, 0.717) is 122 Å². The molecule has 18 aromatic rings. The maximum Gasteiger partial charge on any atom is 0.254 e. The molecule has 1 aliphatic heterocycles. The number of nitrogens with one attached hydrogen (secondary N) is 2. The molecule has 1 aliphatic rings. The highest BCUT2D eigenvalue weighted by Crippen LogP contribution is 2.43. The van der Waals surface area contributed by atoms with Gasteiger partial charge in [-0.3, -0.25) is 24.0 Å². The minimum absolute atomic E-state index is 0. The second-order valence-corrected chi connectivity index (χ2v) is 34.2. The summed E-state index contributed by atoms with van der Waals surface area (Å²) < 4.78 is 38.6. The monoisotopic (exact) mass is 1850 g/mol. The smallest absolute Gasteiger partial charge is 0.254 e. The zero-order valence-electron chi connectivity index (χ0n) is 73.2. The summed E-state index contributed by atoms with van der Waals surface area (Å²) in [5.41, 5.74) is 17.0. The number of ether oxygens (including phenoxy) is 6. The molecule has 11 heterocycles. The van der Waals surface area contributed by atoms with Crippen LogP contribution in [-0.4, -0.2) is 166 Å². The van der Waals surface area contributed by atoms with Crippen molar-refractivity contribution in [2.45, 2.75) is 61.2 Å². The summed E-state index contributed by atoms with van der Waals surface area (Å²) in [4.78, 5) is 97.5. The molecule has 0 radical (unpaired) electrons. The van der Waals surface area contributed by atoms with Crippen LogP contribution in [0.15, 0.2) is 240 Å². The van der Waals surface area contributed by atoms with Crippen molar-refractivity contribution in [3.05, 3.63) is 325 Å². The van der Waals surface area contributed by atoms with Crippen molar-refractivity contribution >= 4 is 115 Å². The standard InChI is InChI=1S/2C27H23N3O4S.C26H21N3O3S.C22H22N2O4S.CH4/c2*1-15-4-3-5-19-20(14-35-26(15)19)24-23(34-2)9-8-21(29-24)25(33)27-28-11-22(30-27)16-6-7-17(12-31)18(10-16)13-32;1-16-6-4-7-19-20(15-33-26(16)19)21-8-5-9-24(28-21)29-14-18(13-27-29)25(30)17-10-11-22(31-2)23(12-17)32-3;1-27-18-8-7-15(11-19(18)28-2)22(26)24-10-9-23(21(25)13-24)12-16-14-29-20-6-4-3-5-17(16)20;/h2*3-11,14,31-32H,12-13H2,1-2H3,(H,28,30);4-15H,1-3H3;3-8,11,14H,9-10,12-13H2,1-2H3;1H4. The lowest BCUT2D eigenvalue weighted by Crippen LogP contribution is -2.51. The van der Waals surface area contributed by atoms with Gasteiger partial charge in [-0.25, -0.2) is 29.6 Å². The molecule has 26 nitrogen and oxygen atoms in total. The van der Waals surface area contributed by atoms with E-state index in [4.69, 9.17) is 33.4 Å². The fraction of sp³-hybridized carbons (Fsp3) is 0.175. The molecule has 19 rings (SSSR count). The first-order valence-corrected chi connectivity index (χ1v) is 45.2. The molecule has 1 fully saturated rings. The van der Waals surface area contributed by atoms with Gasteiger partial charge in [-0.2, -0.15) is 5.10 Å². The Morgan fingerprint density at radius 2 is 0.887 bits per heavy atom. The van der Waals surface area contributed by atoms with Gasteiger partial charge < -0.3 is 68.6 Å². The zero-order chi connectivity index (χ0) is 92.4. The van der Waals surface area contributed by atoms with Gasteiger partial charge in [-0.05, 0) is 178 Å². The number of rotatable bonds is 25. The van der Waals surface area contributed by atoms with Gasteiger partial charge in [0.15, 0.2) is 46.2 Å². The van der Waals surface area contributed by atoms with E-state index in [2.05, 4.69) is 109 Å². The topological polar surface area (TPSA) is 342 Å². The SMILES string of the molecule is C.COc1ccc(C(=O)N2CCN(Cc3csc4ccccc34)C(=O)C2)cc1OC.COc1ccc(C(=O)c2cnn(-c3cccc(-c4csc5c(C)cccc45)n3)c2)cc1OC.COc1ccc(C(=O)c2ncc(-c3ccc(CO)c(CO)c3)[nH]2)nc1-c1csc2c(C)cccc12.COc1ccc(C(=O)c2ncc(-c3ccc(CO)c(CO)c3)[nH]2)nc1-c1csc2c(C)cccc12. The van der Waals surface area contributed by atoms with E-state index in [1.807, 2.05) is 70.3 Å². The molecule has 0 saturated carbocycles. The van der Waals surface area contributed by atoms with Crippen LogP contribution in [-0.2, 0) is 37.8 Å². The lowest BCUT2D eigenvalue weighted by atomic mass is 10.0. The van der Waals surface area contributed by atoms with Gasteiger partial charge in [-0.1, -0.05) is 111 Å². The van der Waals surface area contributed by atoms with Crippen LogP contribution in [0.25, 0.3) is 102 Å². The summed E-state index contributed by atoms with van der Waals surface area (Å²) in [7, 11) is 9.36. The number of ketones is 3. The number of amides is 2. The molecule has 0 spiro atoms. The summed E-state index contributed by atoms with van der Waals surface area (Å²) in [6, 6.07) is 60.1. The third-order valence-corrected chi connectivity index (χ3v) is 27.1. The number of pyridine rings is 3. The lowest BCUT2D eigenvalue weighted by Gasteiger charge is -2.34. The number of fused-ring (bicyclic) bond motifs is 4. The van der Waals surface area contributed by atoms with Gasteiger partial charge in [-0.15, -0.1) is 45.3 Å². The van der Waals surface area contributed by atoms with Crippen molar-refractivity contribution in [2.75, 3.05) is 62.3 Å². The summed E-state index contributed by atoms with van der Waals surface area (Å²) in [6.07, 6.45) is 6.39. The number of nitrogens with zero attached hydrogens (tertiary/aromatic N) is 9. The van der Waals surface area contributed by atoms with E-state index in [1.54, 1.807) is 212 Å². The largest absolute Gasteiger partial charge is 0.494 e. The van der Waals surface area contributed by atoms with Crippen LogP contribution in [0.4, 0.5) is 0 Å². The van der Waals surface area contributed by atoms with Gasteiger partial charge in [0, 0.05) is 105 Å². The Labute approximate surface area is 781 Å². The third-order valence-electron chi connectivity index (χ3n) is 22.7. The van der Waals surface area contributed by atoms with Gasteiger partial charge in [0.2, 0.25) is 17.5 Å². The first kappa shape index (κ1) is 93.0. The molecular formula is C103H93N11O15S4. The predicted molar refractivity (Wildman–Crippen MR) is 521 cm³/mol. The molecule has 133 heavy (non-hydrogen) atoms. The molecule has 0 bridgehead atoms. The average Bonchev–Trinajstić information content (AvgIpc) is 1.66. The number of piperazine rings is 1. The number of H-pyrrole nitrogens is 2. The molecule has 6 N–H and O–H groups in total. The maximum absolute atomic E-state index is 13.3. The van der Waals surface area contributed by atoms with E-state index in [9.17, 15) is 44.4 Å². The maximum atomic E-state index is 13.3. The van der Waals surface area contributed by atoms with Crippen molar-refractivity contribution in [2.24, 2.45) is 0 Å². The van der Waals surface area contributed by atoms with Crippen LogP contribution >= 0.6 is 45.3 Å². The summed E-state index contributed by atoms with van der Waals surface area (Å²) in [5, 5.41) is 55.2. The van der Waals surface area contributed by atoms with Crippen molar-refractivity contribution in [1.82, 2.24) is 54.5 Å². The van der Waals surface area contributed by atoms with E-state index < -0.39 is 0 Å². The predicted octanol–water partition coefficient (Wildman–Crippen LogP) is 19.5. The van der Waals surface area contributed by atoms with E-state index >= 15 is 0 Å². The zero-order valence-corrected chi connectivity index (χ0v) is 76.5. The van der Waals surface area contributed by atoms with Crippen LogP contribution in [0.3, 0.4) is 0 Å². The van der Waals surface area contributed by atoms with Crippen molar-refractivity contribution in [3.63, 3.8) is 0 Å². The Morgan fingerprint density at radius 3 is 1.39 bits per heavy atom. The number of aliphatic hydroxyl groups excluding tert-OH is 4. The van der Waals surface area contributed by atoms with Crippen molar-refractivity contribution in [1.29, 1.82) is 0 Å². The first-order chi connectivity index (χ1) is 64.3. The number of thiophene rings is 4. The third kappa shape index (κ3) is 19.6. The van der Waals surface area contributed by atoms with E-state index in [-0.39, 0.29) is 92.6 Å². The second-order valence-electron chi connectivity index (χ2n) is 30.7. The number of aromatic amines is 2. The lowest BCUT2D eigenvalue weighted by molar-refractivity contribution is -0.135. The highest BCUT2D eigenvalue weighted by molar-refractivity contribution is 7.19. The number of imidazole rings is 2. The second kappa shape index (κ2) is 41.6. The Kier molecular flexibility index (Phi) is 29.1. The number of benzene rings is 8. The Bertz CT molecular complexity index is 7130. The molecule has 2 amide bonds. The minimum Gasteiger partial charge on any atom is -0.494 e. The summed E-state index contributed by atoms with van der Waals surface area (Å²) >= 11 is 6.69. The minimum atomic E-state index is -0.342. The molecule has 0 aliphatic carbocycles. The molecule has 0 unspecified atom stereocenters. The fourth-order valence-electron chi connectivity index (χ4n) is 15.6. The Balaban J connectivity index is 0.000000135. The molecule has 1 saturated heterocycles. The van der Waals surface area contributed by atoms with Crippen molar-refractivity contribution < 1.29 is 72.8 Å². The van der Waals surface area contributed by atoms with Crippen LogP contribution in [0, 0.1) is 20.8 Å². The number of hydrogen-bond acceptors (Lipinski definition) is 25. The summed E-state index contributed by atoms with van der Waals surface area (Å²) in [6.45, 7) is 7.22. The Morgan fingerprint density at radius 1 is 0.421 bits per heavy atom. The van der Waals surface area contributed by atoms with Gasteiger partial charge in [0.1, 0.15) is 40.8 Å². The summed E-state index contributed by atoms with van der Waals surface area (Å²) in [5.74, 6) is 3.20. The Hall–Kier alpha value is -14.7. The van der Waals surface area contributed by atoms with E-state index in [0.717, 1.165) is 49.8 Å². The highest BCUT2D eigenvalue weighted by atomic mass is 32.1. The molecule has 30 heteroatoms. The number of aromatic nitrogens is 9. The number of carbonyl (C=O) groups excluding carboxylic acids is 5. The van der Waals surface area contributed by atoms with Crippen LogP contribution in [0.5, 0.6) is 34.5 Å². The van der Waals surface area contributed by atoms with Crippen LogP contribution < -0.4 is 28.4 Å². The molecule has 10 aromatic heterocycles. The van der Waals surface area contributed by atoms with Gasteiger partial charge in [0.05, 0.1) is 110 Å². The fourth-order valence-corrected chi connectivity index (χ4v) is 19.7. The quantitative estimate of drug-likeness (QED) is 0.0289. The molecule has 674 valence electrons. The van der Waals surface area contributed by atoms with E-state index in [1.165, 1.54) is 53.4 Å². The van der Waals surface area contributed by atoms with Gasteiger partial charge in [0.25, 0.3) is 5.91 Å². The number of carbonyl (C=O) groups is 5. The molecular weight excluding hydrogens is 1760 g/mol. The normalized spacial score (nSPS) is 11.8. The molecule has 8 aromatic carbocycles. The van der Waals surface area contributed by atoms with Gasteiger partial charge >= 0.3 is 0 Å². The number of aryl methyl sites for hydroxylation is 3. The average molecular weight is 1850 g/mol. The van der Waals surface area contributed by atoms with Crippen LogP contribution in [0.2, 0.25) is 0 Å². The van der Waals surface area contributed by atoms with Crippen molar-refractivity contribution in [3.8, 4) is 96.6 Å². The highest BCUT2D eigenvalue weighted by Gasteiger charge is 2.31. The number of hydrogen-bond donors (Lipinski definition) is 6. The molecule has 0 atom stereocenters. The number of aliphatic hydroxyl groups is 4. The van der Waals surface area contributed by atoms with Crippen LogP contribution in [0.1, 0.15) is 111 Å². The number of methoxy groups -OCH3 is 6. The first-order valence-electron chi connectivity index (χ1n) is 41.7.